The van der Waals surface area contributed by atoms with Gasteiger partial charge in [-0.3, -0.25) is 4.79 Å². The lowest BCUT2D eigenvalue weighted by atomic mass is 9.45. The van der Waals surface area contributed by atoms with Crippen LogP contribution in [0.2, 0.25) is 0 Å². The highest BCUT2D eigenvalue weighted by atomic mass is 16.3. The summed E-state index contributed by atoms with van der Waals surface area (Å²) in [6.45, 7) is 5.06. The van der Waals surface area contributed by atoms with Crippen LogP contribution in [0.4, 0.5) is 0 Å². The quantitative estimate of drug-likeness (QED) is 0.796. The Labute approximate surface area is 162 Å². The smallest absolute Gasteiger partial charge is 0.155 e. The predicted molar refractivity (Wildman–Crippen MR) is 103 cm³/mol. The Kier molecular flexibility index (Phi) is 3.24. The molecule has 0 heterocycles. The number of fused-ring (bicyclic) bond motifs is 10. The van der Waals surface area contributed by atoms with E-state index >= 15 is 0 Å². The fourth-order valence-electron chi connectivity index (χ4n) is 9.33. The topological polar surface area (TPSA) is 57.5 Å². The highest BCUT2D eigenvalue weighted by molar-refractivity contribution is 5.92. The molecule has 0 saturated heterocycles. The van der Waals surface area contributed by atoms with Crippen molar-refractivity contribution < 1.29 is 15.0 Å². The molecule has 3 heteroatoms. The van der Waals surface area contributed by atoms with E-state index in [2.05, 4.69) is 13.8 Å². The molecular weight excluding hydrogens is 336 g/mol. The van der Waals surface area contributed by atoms with Crippen molar-refractivity contribution in [2.75, 3.05) is 6.61 Å². The third kappa shape index (κ3) is 1.89. The highest BCUT2D eigenvalue weighted by Crippen LogP contribution is 2.81. The lowest BCUT2D eigenvalue weighted by molar-refractivity contribution is -0.155. The maximum Gasteiger partial charge on any atom is 0.155 e. The van der Waals surface area contributed by atoms with E-state index in [1.54, 1.807) is 0 Å². The van der Waals surface area contributed by atoms with Gasteiger partial charge in [-0.25, -0.2) is 0 Å². The normalized spacial score (nSPS) is 59.8. The van der Waals surface area contributed by atoms with Gasteiger partial charge in [-0.15, -0.1) is 0 Å². The van der Waals surface area contributed by atoms with E-state index in [1.807, 2.05) is 6.08 Å². The van der Waals surface area contributed by atoms with E-state index in [9.17, 15) is 15.0 Å². The molecule has 0 spiro atoms. The van der Waals surface area contributed by atoms with Crippen molar-refractivity contribution in [3.63, 3.8) is 0 Å². The van der Waals surface area contributed by atoms with Gasteiger partial charge in [0.1, 0.15) is 0 Å². The van der Waals surface area contributed by atoms with Crippen molar-refractivity contribution >= 4 is 5.78 Å². The Morgan fingerprint density at radius 2 is 1.96 bits per heavy atom. The molecule has 0 aromatic carbocycles. The summed E-state index contributed by atoms with van der Waals surface area (Å²) < 4.78 is 0. The standard InChI is InChI=1S/C24H34O3/c1-22-7-4-13(26)10-18(22)14-11-15(14)20-17(22)5-8-23(2)21(20)16-12-19(16)24(23,27)6-3-9-25/h10,14-17,19-21,25,27H,3-9,11-12H2,1-2H3/t14-,15+,16?,17?,19+,20?,21?,22-,23+,24+/m1/s1. The largest absolute Gasteiger partial charge is 0.396 e. The van der Waals surface area contributed by atoms with Crippen LogP contribution >= 0.6 is 0 Å². The number of hydrogen-bond donors (Lipinski definition) is 2. The Morgan fingerprint density at radius 1 is 1.15 bits per heavy atom. The van der Waals surface area contributed by atoms with Crippen molar-refractivity contribution in [1.29, 1.82) is 0 Å². The zero-order valence-electron chi connectivity index (χ0n) is 16.8. The van der Waals surface area contributed by atoms with Crippen molar-refractivity contribution in [3.05, 3.63) is 11.6 Å². The van der Waals surface area contributed by atoms with Crippen molar-refractivity contribution in [1.82, 2.24) is 0 Å². The van der Waals surface area contributed by atoms with Crippen LogP contribution in [0.15, 0.2) is 11.6 Å². The third-order valence-corrected chi connectivity index (χ3v) is 10.6. The number of carbonyl (C=O) groups is 1. The van der Waals surface area contributed by atoms with Gasteiger partial charge in [-0.1, -0.05) is 19.4 Å². The fourth-order valence-corrected chi connectivity index (χ4v) is 9.33. The van der Waals surface area contributed by atoms with Gasteiger partial charge in [0.05, 0.1) is 5.60 Å². The van der Waals surface area contributed by atoms with Crippen LogP contribution in [0.5, 0.6) is 0 Å². The van der Waals surface area contributed by atoms with E-state index < -0.39 is 5.60 Å². The minimum atomic E-state index is -0.556. The van der Waals surface area contributed by atoms with Crippen LogP contribution in [0.3, 0.4) is 0 Å². The zero-order valence-corrected chi connectivity index (χ0v) is 16.8. The van der Waals surface area contributed by atoms with Gasteiger partial charge in [-0.2, -0.15) is 0 Å². The molecule has 10 atom stereocenters. The van der Waals surface area contributed by atoms with Gasteiger partial charge < -0.3 is 10.2 Å². The molecule has 2 N–H and O–H groups in total. The molecule has 3 nitrogen and oxygen atoms in total. The summed E-state index contributed by atoms with van der Waals surface area (Å²) in [4.78, 5) is 12.1. The molecule has 4 unspecified atom stereocenters. The Bertz CT molecular complexity index is 742. The van der Waals surface area contributed by atoms with Crippen LogP contribution < -0.4 is 0 Å². The molecular formula is C24H34O3. The number of allylic oxidation sites excluding steroid dienone is 1. The minimum Gasteiger partial charge on any atom is -0.396 e. The first-order chi connectivity index (χ1) is 12.8. The molecule has 0 aliphatic heterocycles. The Hall–Kier alpha value is -0.670. The second-order valence-corrected chi connectivity index (χ2v) is 11.4. The molecule has 148 valence electrons. The molecule has 0 aromatic rings. The molecule has 6 aliphatic rings. The summed E-state index contributed by atoms with van der Waals surface area (Å²) in [5.41, 5.74) is 1.22. The lowest BCUT2D eigenvalue weighted by Gasteiger charge is -2.60. The number of aliphatic hydroxyl groups is 2. The molecule has 0 amide bonds. The maximum atomic E-state index is 12.1. The monoisotopic (exact) mass is 370 g/mol. The zero-order chi connectivity index (χ0) is 18.8. The number of carbonyl (C=O) groups excluding carboxylic acids is 1. The molecule has 0 aromatic heterocycles. The lowest BCUT2D eigenvalue weighted by Crippen LogP contribution is -2.57. The second kappa shape index (κ2) is 5.08. The van der Waals surface area contributed by atoms with Gasteiger partial charge in [0, 0.05) is 13.0 Å². The summed E-state index contributed by atoms with van der Waals surface area (Å²) >= 11 is 0. The van der Waals surface area contributed by atoms with Gasteiger partial charge in [0.2, 0.25) is 0 Å². The molecule has 27 heavy (non-hydrogen) atoms. The van der Waals surface area contributed by atoms with Crippen LogP contribution in [0, 0.1) is 52.3 Å². The summed E-state index contributed by atoms with van der Waals surface area (Å²) in [6.07, 6.45) is 10.2. The van der Waals surface area contributed by atoms with Crippen LogP contribution in [0.25, 0.3) is 0 Å². The van der Waals surface area contributed by atoms with Gasteiger partial charge in [0.15, 0.2) is 5.78 Å². The number of rotatable bonds is 3. The fraction of sp³-hybridized carbons (Fsp3) is 0.875. The van der Waals surface area contributed by atoms with E-state index in [1.165, 1.54) is 24.8 Å². The van der Waals surface area contributed by atoms with Gasteiger partial charge >= 0.3 is 0 Å². The molecule has 6 rings (SSSR count). The second-order valence-electron chi connectivity index (χ2n) is 11.4. The minimum absolute atomic E-state index is 0.0339. The van der Waals surface area contributed by atoms with E-state index in [-0.39, 0.29) is 17.4 Å². The first-order valence-corrected chi connectivity index (χ1v) is 11.4. The van der Waals surface area contributed by atoms with Crippen LogP contribution in [0.1, 0.15) is 65.2 Å². The van der Waals surface area contributed by atoms with Crippen LogP contribution in [-0.4, -0.2) is 28.2 Å². The summed E-state index contributed by atoms with van der Waals surface area (Å²) in [6, 6.07) is 0. The average Bonchev–Trinajstić information content (AvgIpc) is 3.53. The Balaban J connectivity index is 1.40. The van der Waals surface area contributed by atoms with Crippen molar-refractivity contribution in [2.24, 2.45) is 52.3 Å². The summed E-state index contributed by atoms with van der Waals surface area (Å²) in [5, 5.41) is 21.2. The number of ketones is 1. The number of hydrogen-bond acceptors (Lipinski definition) is 3. The molecule has 6 aliphatic carbocycles. The first-order valence-electron chi connectivity index (χ1n) is 11.4. The van der Waals surface area contributed by atoms with Gasteiger partial charge in [0.25, 0.3) is 0 Å². The SMILES string of the molecule is C[C@]12CCC(=O)C=C1[C@@H]1C[C@@H]1C1C2CC[C@@]2(C)C1C1C[C@@H]1[C@@]2(O)CCCO. The molecule has 0 bridgehead atoms. The Morgan fingerprint density at radius 3 is 2.74 bits per heavy atom. The van der Waals surface area contributed by atoms with E-state index in [0.717, 1.165) is 43.9 Å². The molecule has 5 saturated carbocycles. The highest BCUT2D eigenvalue weighted by Gasteiger charge is 2.78. The predicted octanol–water partition coefficient (Wildman–Crippen LogP) is 3.73. The summed E-state index contributed by atoms with van der Waals surface area (Å²) in [7, 11) is 0. The summed E-state index contributed by atoms with van der Waals surface area (Å²) in [5.74, 6) is 5.10. The van der Waals surface area contributed by atoms with Crippen molar-refractivity contribution in [3.8, 4) is 0 Å². The third-order valence-electron chi connectivity index (χ3n) is 10.6. The first kappa shape index (κ1) is 17.2. The number of aliphatic hydroxyl groups excluding tert-OH is 1. The van der Waals surface area contributed by atoms with E-state index in [0.29, 0.717) is 35.4 Å². The molecule has 0 radical (unpaired) electrons. The van der Waals surface area contributed by atoms with Crippen molar-refractivity contribution in [2.45, 2.75) is 70.8 Å². The van der Waals surface area contributed by atoms with Crippen LogP contribution in [-0.2, 0) is 4.79 Å². The van der Waals surface area contributed by atoms with Gasteiger partial charge in [-0.05, 0) is 103 Å². The maximum absolute atomic E-state index is 12.1. The molecule has 5 fully saturated rings. The van der Waals surface area contributed by atoms with E-state index in [4.69, 9.17) is 0 Å². The average molecular weight is 371 g/mol.